The summed E-state index contributed by atoms with van der Waals surface area (Å²) in [5.74, 6) is 2.55. The molecule has 5 rings (SSSR count). The number of nitrogens with one attached hydrogen (secondary N) is 1. The van der Waals surface area contributed by atoms with Gasteiger partial charge >= 0.3 is 0 Å². The van der Waals surface area contributed by atoms with Crippen molar-refractivity contribution in [2.45, 2.75) is 31.5 Å². The van der Waals surface area contributed by atoms with Crippen molar-refractivity contribution in [3.63, 3.8) is 0 Å². The van der Waals surface area contributed by atoms with Gasteiger partial charge in [0, 0.05) is 24.3 Å². The lowest BCUT2D eigenvalue weighted by Crippen LogP contribution is -2.35. The molecule has 1 saturated heterocycles. The van der Waals surface area contributed by atoms with Crippen LogP contribution in [0.15, 0.2) is 82.6 Å². The molecule has 4 aromatic rings. The van der Waals surface area contributed by atoms with E-state index in [-0.39, 0.29) is 11.7 Å². The average Bonchev–Trinajstić information content (AvgIpc) is 3.55. The summed E-state index contributed by atoms with van der Waals surface area (Å²) in [4.78, 5) is 15.2. The summed E-state index contributed by atoms with van der Waals surface area (Å²) in [5, 5.41) is 12.7. The summed E-state index contributed by atoms with van der Waals surface area (Å²) in [6.45, 7) is 4.74. The van der Waals surface area contributed by atoms with Crippen LogP contribution in [0.4, 0.5) is 11.6 Å². The molecule has 1 fully saturated rings. The number of thioether (sulfide) groups is 1. The molecule has 0 unspecified atom stereocenters. The molecule has 35 heavy (non-hydrogen) atoms. The monoisotopic (exact) mass is 487 g/mol. The van der Waals surface area contributed by atoms with E-state index in [2.05, 4.69) is 31.9 Å². The molecule has 180 valence electrons. The number of amides is 1. The van der Waals surface area contributed by atoms with Crippen molar-refractivity contribution in [1.82, 2.24) is 14.8 Å². The van der Waals surface area contributed by atoms with Crippen molar-refractivity contribution < 1.29 is 9.21 Å². The van der Waals surface area contributed by atoms with Gasteiger partial charge in [0.2, 0.25) is 11.9 Å². The van der Waals surface area contributed by atoms with Gasteiger partial charge in [-0.05, 0) is 42.5 Å². The Balaban J connectivity index is 1.30. The molecular formula is C27H29N5O2S. The molecule has 7 nitrogen and oxygen atoms in total. The minimum Gasteiger partial charge on any atom is -0.467 e. The maximum Gasteiger partial charge on any atom is 0.234 e. The highest BCUT2D eigenvalue weighted by atomic mass is 32.2. The maximum absolute atomic E-state index is 12.9. The van der Waals surface area contributed by atoms with E-state index < -0.39 is 0 Å². The fourth-order valence-electron chi connectivity index (χ4n) is 4.31. The van der Waals surface area contributed by atoms with Crippen molar-refractivity contribution >= 4 is 29.3 Å². The summed E-state index contributed by atoms with van der Waals surface area (Å²) in [6.07, 6.45) is 3.95. The third-order valence-corrected chi connectivity index (χ3v) is 7.24. The number of benzene rings is 2. The Morgan fingerprint density at radius 2 is 1.80 bits per heavy atom. The molecule has 2 aromatic carbocycles. The van der Waals surface area contributed by atoms with Crippen molar-refractivity contribution in [3.05, 3.63) is 78.8 Å². The molecule has 1 amide bonds. The molecule has 2 aromatic heterocycles. The summed E-state index contributed by atoms with van der Waals surface area (Å²) >= 11 is 1.39. The first-order valence-electron chi connectivity index (χ1n) is 11.9. The number of hydrogen-bond acceptors (Lipinski definition) is 6. The summed E-state index contributed by atoms with van der Waals surface area (Å²) in [5.41, 5.74) is 2.85. The van der Waals surface area contributed by atoms with Crippen LogP contribution in [0, 0.1) is 5.92 Å². The number of piperidine rings is 1. The Bertz CT molecular complexity index is 1250. The highest BCUT2D eigenvalue weighted by molar-refractivity contribution is 7.99. The van der Waals surface area contributed by atoms with E-state index >= 15 is 0 Å². The van der Waals surface area contributed by atoms with Crippen molar-refractivity contribution in [3.8, 4) is 11.1 Å². The zero-order chi connectivity index (χ0) is 24.0. The highest BCUT2D eigenvalue weighted by Gasteiger charge is 2.24. The van der Waals surface area contributed by atoms with Gasteiger partial charge in [0.1, 0.15) is 5.76 Å². The maximum atomic E-state index is 12.9. The van der Waals surface area contributed by atoms with Crippen LogP contribution in [-0.4, -0.2) is 39.5 Å². The zero-order valence-corrected chi connectivity index (χ0v) is 20.6. The molecule has 1 N–H and O–H groups in total. The Hall–Kier alpha value is -3.52. The van der Waals surface area contributed by atoms with Crippen LogP contribution in [0.2, 0.25) is 0 Å². The van der Waals surface area contributed by atoms with E-state index in [0.717, 1.165) is 60.4 Å². The summed E-state index contributed by atoms with van der Waals surface area (Å²) in [7, 11) is 0. The van der Waals surface area contributed by atoms with E-state index in [9.17, 15) is 4.79 Å². The third kappa shape index (κ3) is 5.59. The van der Waals surface area contributed by atoms with Crippen molar-refractivity contribution in [1.29, 1.82) is 0 Å². The molecule has 0 aliphatic carbocycles. The lowest BCUT2D eigenvalue weighted by atomic mass is 10.00. The second kappa shape index (κ2) is 10.8. The lowest BCUT2D eigenvalue weighted by molar-refractivity contribution is -0.113. The Labute approximate surface area is 209 Å². The van der Waals surface area contributed by atoms with Gasteiger partial charge in [0.15, 0.2) is 5.16 Å². The highest BCUT2D eigenvalue weighted by Crippen LogP contribution is 2.29. The van der Waals surface area contributed by atoms with Crippen LogP contribution in [0.5, 0.6) is 0 Å². The van der Waals surface area contributed by atoms with Crippen molar-refractivity contribution in [2.24, 2.45) is 5.92 Å². The van der Waals surface area contributed by atoms with E-state index in [1.165, 1.54) is 11.8 Å². The first kappa shape index (κ1) is 23.2. The molecule has 0 radical (unpaired) electrons. The Morgan fingerprint density at radius 3 is 2.57 bits per heavy atom. The SMILES string of the molecule is CC1CCN(c2nnc(SCC(=O)Nc3ccccc3-c3ccccc3)n2Cc2ccco2)CC1. The number of hydrogen-bond donors (Lipinski definition) is 1. The normalized spacial score (nSPS) is 14.3. The standard InChI is InChI=1S/C27H29N5O2S/c1-20-13-15-31(16-14-20)26-29-30-27(32(26)18-22-10-7-17-34-22)35-19-25(33)28-24-12-6-5-11-23(24)21-8-3-2-4-9-21/h2-12,17,20H,13-16,18-19H2,1H3,(H,28,33). The zero-order valence-electron chi connectivity index (χ0n) is 19.8. The minimum atomic E-state index is -0.0840. The van der Waals surface area contributed by atoms with Crippen LogP contribution in [-0.2, 0) is 11.3 Å². The van der Waals surface area contributed by atoms with E-state index in [1.54, 1.807) is 6.26 Å². The fourth-order valence-corrected chi connectivity index (χ4v) is 5.04. The van der Waals surface area contributed by atoms with E-state index in [1.807, 2.05) is 66.7 Å². The van der Waals surface area contributed by atoms with Gasteiger partial charge in [0.05, 0.1) is 18.6 Å². The van der Waals surface area contributed by atoms with Crippen LogP contribution in [0.3, 0.4) is 0 Å². The van der Waals surface area contributed by atoms with Gasteiger partial charge in [0.25, 0.3) is 0 Å². The Kier molecular flexibility index (Phi) is 7.18. The lowest BCUT2D eigenvalue weighted by Gasteiger charge is -2.31. The van der Waals surface area contributed by atoms with Crippen LogP contribution in [0.25, 0.3) is 11.1 Å². The van der Waals surface area contributed by atoms with Crippen LogP contribution in [0.1, 0.15) is 25.5 Å². The first-order chi connectivity index (χ1) is 17.2. The summed E-state index contributed by atoms with van der Waals surface area (Å²) < 4.78 is 7.66. The second-order valence-corrected chi connectivity index (χ2v) is 9.81. The number of para-hydroxylation sites is 1. The minimum absolute atomic E-state index is 0.0840. The number of rotatable bonds is 8. The smallest absolute Gasteiger partial charge is 0.234 e. The predicted octanol–water partition coefficient (Wildman–Crippen LogP) is 5.55. The van der Waals surface area contributed by atoms with Gasteiger partial charge in [-0.15, -0.1) is 10.2 Å². The van der Waals surface area contributed by atoms with Crippen LogP contribution >= 0.6 is 11.8 Å². The molecule has 1 aliphatic rings. The van der Waals surface area contributed by atoms with Gasteiger partial charge in [-0.3, -0.25) is 9.36 Å². The number of carbonyl (C=O) groups is 1. The summed E-state index contributed by atoms with van der Waals surface area (Å²) in [6, 6.07) is 21.7. The topological polar surface area (TPSA) is 76.2 Å². The molecule has 0 spiro atoms. The predicted molar refractivity (Wildman–Crippen MR) is 140 cm³/mol. The molecular weight excluding hydrogens is 458 g/mol. The number of furan rings is 1. The van der Waals surface area contributed by atoms with E-state index in [0.29, 0.717) is 11.7 Å². The number of carbonyl (C=O) groups excluding carboxylic acids is 1. The first-order valence-corrected chi connectivity index (χ1v) is 12.9. The number of aromatic nitrogens is 3. The van der Waals surface area contributed by atoms with Crippen LogP contribution < -0.4 is 10.2 Å². The second-order valence-electron chi connectivity index (χ2n) is 8.87. The number of nitrogens with zero attached hydrogens (tertiary/aromatic N) is 4. The fraction of sp³-hybridized carbons (Fsp3) is 0.296. The molecule has 3 heterocycles. The van der Waals surface area contributed by atoms with Gasteiger partial charge in [-0.25, -0.2) is 0 Å². The molecule has 8 heteroatoms. The third-order valence-electron chi connectivity index (χ3n) is 6.28. The molecule has 1 aliphatic heterocycles. The largest absolute Gasteiger partial charge is 0.467 e. The average molecular weight is 488 g/mol. The number of anilines is 2. The molecule has 0 atom stereocenters. The van der Waals surface area contributed by atoms with Gasteiger partial charge in [-0.1, -0.05) is 67.2 Å². The Morgan fingerprint density at radius 1 is 1.03 bits per heavy atom. The molecule has 0 saturated carbocycles. The van der Waals surface area contributed by atoms with E-state index in [4.69, 9.17) is 4.42 Å². The van der Waals surface area contributed by atoms with Gasteiger partial charge in [-0.2, -0.15) is 0 Å². The quantitative estimate of drug-likeness (QED) is 0.328. The molecule has 0 bridgehead atoms. The van der Waals surface area contributed by atoms with Crippen molar-refractivity contribution in [2.75, 3.05) is 29.1 Å². The van der Waals surface area contributed by atoms with Gasteiger partial charge < -0.3 is 14.6 Å².